The number of ether oxygens (including phenoxy) is 2. The monoisotopic (exact) mass is 585 g/mol. The maximum absolute atomic E-state index is 6.70. The van der Waals surface area contributed by atoms with Gasteiger partial charge in [0, 0.05) is 0 Å². The highest BCUT2D eigenvalue weighted by Gasteiger charge is 2.16. The van der Waals surface area contributed by atoms with E-state index >= 15 is 0 Å². The van der Waals surface area contributed by atoms with Gasteiger partial charge in [-0.15, -0.1) is 6.58 Å². The Labute approximate surface area is 263 Å². The van der Waals surface area contributed by atoms with Crippen molar-refractivity contribution in [2.75, 3.05) is 13.2 Å². The van der Waals surface area contributed by atoms with Crippen molar-refractivity contribution in [3.8, 4) is 11.5 Å². The molecule has 0 aliphatic heterocycles. The van der Waals surface area contributed by atoms with Crippen molar-refractivity contribution < 1.29 is 9.47 Å². The van der Waals surface area contributed by atoms with Crippen molar-refractivity contribution in [1.29, 1.82) is 0 Å². The normalized spacial score (nSPS) is 12.8. The lowest BCUT2D eigenvalue weighted by Crippen LogP contribution is -2.14. The zero-order chi connectivity index (χ0) is 30.7. The molecule has 0 saturated carbocycles. The second kappa shape index (κ2) is 27.1. The Morgan fingerprint density at radius 2 is 0.952 bits per heavy atom. The third-order valence-corrected chi connectivity index (χ3v) is 9.18. The Kier molecular flexibility index (Phi) is 24.9. The fourth-order valence-electron chi connectivity index (χ4n) is 5.92. The smallest absolute Gasteiger partial charge is 0.123 e. The molecule has 0 spiro atoms. The molecule has 2 nitrogen and oxygen atoms in total. The van der Waals surface area contributed by atoms with E-state index in [4.69, 9.17) is 9.47 Å². The first-order valence-electron chi connectivity index (χ1n) is 18.6. The molecule has 0 aliphatic rings. The zero-order valence-corrected chi connectivity index (χ0v) is 29.1. The summed E-state index contributed by atoms with van der Waals surface area (Å²) in [6.07, 6.45) is 31.3. The first kappa shape index (κ1) is 38.6. The second-order valence-electron chi connectivity index (χ2n) is 13.0. The van der Waals surface area contributed by atoms with Crippen LogP contribution in [0.25, 0.3) is 0 Å². The summed E-state index contributed by atoms with van der Waals surface area (Å²) in [7, 11) is 0. The average molecular weight is 585 g/mol. The van der Waals surface area contributed by atoms with Crippen LogP contribution in [-0.4, -0.2) is 13.2 Å². The fourth-order valence-corrected chi connectivity index (χ4v) is 5.92. The van der Waals surface area contributed by atoms with Crippen LogP contribution in [0.15, 0.2) is 24.8 Å². The van der Waals surface area contributed by atoms with Crippen molar-refractivity contribution in [1.82, 2.24) is 0 Å². The van der Waals surface area contributed by atoms with Gasteiger partial charge in [-0.3, -0.25) is 0 Å². The number of hydrogen-bond donors (Lipinski definition) is 0. The minimum Gasteiger partial charge on any atom is -0.493 e. The molecule has 2 unspecified atom stereocenters. The lowest BCUT2D eigenvalue weighted by molar-refractivity contribution is 0.224. The molecule has 0 aliphatic carbocycles. The van der Waals surface area contributed by atoms with Crippen molar-refractivity contribution in [2.45, 2.75) is 182 Å². The summed E-state index contributed by atoms with van der Waals surface area (Å²) in [6, 6.07) is 4.79. The summed E-state index contributed by atoms with van der Waals surface area (Å²) in [4.78, 5) is 0. The van der Waals surface area contributed by atoms with Crippen LogP contribution < -0.4 is 9.47 Å². The predicted molar refractivity (Wildman–Crippen MR) is 187 cm³/mol. The van der Waals surface area contributed by atoms with Crippen molar-refractivity contribution >= 4 is 0 Å². The Balaban J connectivity index is 3.04. The Hall–Kier alpha value is -1.44. The van der Waals surface area contributed by atoms with Crippen molar-refractivity contribution in [2.24, 2.45) is 11.8 Å². The number of rotatable bonds is 30. The molecule has 0 aromatic heterocycles. The fraction of sp³-hybridized carbons (Fsp3) is 0.800. The molecular weight excluding hydrogens is 512 g/mol. The van der Waals surface area contributed by atoms with Crippen LogP contribution >= 0.6 is 0 Å². The molecule has 0 radical (unpaired) electrons. The molecule has 0 fully saturated rings. The van der Waals surface area contributed by atoms with Crippen LogP contribution in [0.2, 0.25) is 0 Å². The van der Waals surface area contributed by atoms with E-state index in [0.717, 1.165) is 44.0 Å². The topological polar surface area (TPSA) is 18.5 Å². The molecular formula is C40H72O2. The molecule has 2 heteroatoms. The number of unbranched alkanes of at least 4 members (excludes halogenated alkanes) is 13. The molecule has 0 bridgehead atoms. The molecule has 1 aromatic carbocycles. The summed E-state index contributed by atoms with van der Waals surface area (Å²) in [5.74, 6) is 3.58. The van der Waals surface area contributed by atoms with Crippen LogP contribution in [0, 0.1) is 11.8 Å². The summed E-state index contributed by atoms with van der Waals surface area (Å²) >= 11 is 0. The van der Waals surface area contributed by atoms with Crippen molar-refractivity contribution in [3.05, 3.63) is 35.9 Å². The minimum atomic E-state index is 0.649. The van der Waals surface area contributed by atoms with E-state index in [1.807, 2.05) is 0 Å². The van der Waals surface area contributed by atoms with Crippen LogP contribution in [0.1, 0.15) is 181 Å². The van der Waals surface area contributed by atoms with E-state index in [2.05, 4.69) is 59.4 Å². The molecule has 1 aromatic rings. The summed E-state index contributed by atoms with van der Waals surface area (Å²) in [5.41, 5.74) is 2.74. The third-order valence-electron chi connectivity index (χ3n) is 9.18. The molecule has 0 heterocycles. The molecule has 0 N–H and O–H groups in total. The van der Waals surface area contributed by atoms with Crippen LogP contribution in [-0.2, 0) is 12.8 Å². The van der Waals surface area contributed by atoms with Gasteiger partial charge in [-0.05, 0) is 86.5 Å². The quantitative estimate of drug-likeness (QED) is 0.0661. The third kappa shape index (κ3) is 18.3. The lowest BCUT2D eigenvalue weighted by atomic mass is 9.97. The number of benzene rings is 1. The summed E-state index contributed by atoms with van der Waals surface area (Å²) in [6.45, 7) is 17.1. The standard InChI is InChI=1S/C40H72O2/c1-7-13-17-19-20-21-22-24-26-30-38-32-39(41-33-35(11-5)27-15-9-3)37(29-25-23-18-14-8-2)31-40(38)42-34-36(12-6)28-16-10-4/h7,31-32,35-36H,1,8-30,33-34H2,2-6H3. The Bertz CT molecular complexity index is 754. The summed E-state index contributed by atoms with van der Waals surface area (Å²) in [5, 5.41) is 0. The predicted octanol–water partition coefficient (Wildman–Crippen LogP) is 13.2. The SMILES string of the molecule is C=CCCCCCCCCCc1cc(OCC(CC)CCCC)c(CCCCCCC)cc1OCC(CC)CCCC. The van der Waals surface area contributed by atoms with Gasteiger partial charge in [0.2, 0.25) is 0 Å². The van der Waals surface area contributed by atoms with Gasteiger partial charge in [0.15, 0.2) is 0 Å². The average Bonchev–Trinajstić information content (AvgIpc) is 3.01. The molecule has 0 amide bonds. The molecule has 0 saturated heterocycles. The molecule has 1 rings (SSSR count). The summed E-state index contributed by atoms with van der Waals surface area (Å²) < 4.78 is 13.4. The van der Waals surface area contributed by atoms with Gasteiger partial charge in [-0.1, -0.05) is 137 Å². The number of allylic oxidation sites excluding steroid dienone is 1. The van der Waals surface area contributed by atoms with Crippen molar-refractivity contribution in [3.63, 3.8) is 0 Å². The van der Waals surface area contributed by atoms with Gasteiger partial charge in [0.05, 0.1) is 13.2 Å². The highest BCUT2D eigenvalue weighted by atomic mass is 16.5. The highest BCUT2D eigenvalue weighted by Crippen LogP contribution is 2.33. The van der Waals surface area contributed by atoms with Gasteiger partial charge in [0.25, 0.3) is 0 Å². The van der Waals surface area contributed by atoms with Crippen LogP contribution in [0.5, 0.6) is 11.5 Å². The maximum Gasteiger partial charge on any atom is 0.123 e. The van der Waals surface area contributed by atoms with E-state index in [1.165, 1.54) is 140 Å². The molecule has 244 valence electrons. The van der Waals surface area contributed by atoms with E-state index in [0.29, 0.717) is 11.8 Å². The van der Waals surface area contributed by atoms with E-state index in [9.17, 15) is 0 Å². The van der Waals surface area contributed by atoms with E-state index in [-0.39, 0.29) is 0 Å². The zero-order valence-electron chi connectivity index (χ0n) is 29.1. The maximum atomic E-state index is 6.70. The van der Waals surface area contributed by atoms with Crippen LogP contribution in [0.3, 0.4) is 0 Å². The van der Waals surface area contributed by atoms with Gasteiger partial charge in [0.1, 0.15) is 11.5 Å². The van der Waals surface area contributed by atoms with Gasteiger partial charge < -0.3 is 9.47 Å². The van der Waals surface area contributed by atoms with Gasteiger partial charge in [-0.2, -0.15) is 0 Å². The number of hydrogen-bond acceptors (Lipinski definition) is 2. The van der Waals surface area contributed by atoms with E-state index in [1.54, 1.807) is 0 Å². The largest absolute Gasteiger partial charge is 0.493 e. The first-order valence-corrected chi connectivity index (χ1v) is 18.6. The first-order chi connectivity index (χ1) is 20.6. The molecule has 42 heavy (non-hydrogen) atoms. The number of aryl methyl sites for hydroxylation is 2. The van der Waals surface area contributed by atoms with E-state index < -0.39 is 0 Å². The highest BCUT2D eigenvalue weighted by molar-refractivity contribution is 5.47. The Morgan fingerprint density at radius 1 is 0.548 bits per heavy atom. The van der Waals surface area contributed by atoms with Gasteiger partial charge >= 0.3 is 0 Å². The second-order valence-corrected chi connectivity index (χ2v) is 13.0. The Morgan fingerprint density at radius 3 is 1.36 bits per heavy atom. The molecule has 2 atom stereocenters. The van der Waals surface area contributed by atoms with Gasteiger partial charge in [-0.25, -0.2) is 0 Å². The van der Waals surface area contributed by atoms with Crippen LogP contribution in [0.4, 0.5) is 0 Å². The lowest BCUT2D eigenvalue weighted by Gasteiger charge is -2.22. The minimum absolute atomic E-state index is 0.649.